The Morgan fingerprint density at radius 2 is 1.98 bits per heavy atom. The molecule has 0 aliphatic carbocycles. The first kappa shape index (κ1) is 28.8. The zero-order valence-electron chi connectivity index (χ0n) is 21.3. The Balaban J connectivity index is 1.61. The van der Waals surface area contributed by atoms with Gasteiger partial charge in [-0.1, -0.05) is 24.8 Å². The highest BCUT2D eigenvalue weighted by Crippen LogP contribution is 2.37. The topological polar surface area (TPSA) is 70.1 Å². The van der Waals surface area contributed by atoms with E-state index >= 15 is 0 Å². The molecule has 3 aromatic rings. The Labute approximate surface area is 226 Å². The smallest absolute Gasteiger partial charge is 0.356 e. The number of allylic oxidation sites excluding steroid dienone is 1. The summed E-state index contributed by atoms with van der Waals surface area (Å²) in [7, 11) is 1.79. The van der Waals surface area contributed by atoms with E-state index in [1.165, 1.54) is 18.2 Å². The Morgan fingerprint density at radius 1 is 1.20 bits per heavy atom. The highest BCUT2D eigenvalue weighted by atomic mass is 19.4. The van der Waals surface area contributed by atoms with Crippen LogP contribution in [0.25, 0.3) is 22.4 Å². The summed E-state index contributed by atoms with van der Waals surface area (Å²) in [5, 5.41) is 6.13. The Kier molecular flexibility index (Phi) is 8.58. The van der Waals surface area contributed by atoms with Gasteiger partial charge < -0.3 is 10.6 Å². The molecule has 0 atom stereocenters. The minimum absolute atomic E-state index is 0.0438. The number of nitrogens with one attached hydrogen (secondary N) is 2. The van der Waals surface area contributed by atoms with Crippen LogP contribution >= 0.6 is 0 Å². The second kappa shape index (κ2) is 11.9. The molecule has 1 aromatic carbocycles. The SMILES string of the molecule is C=C(c1nc(/C=C/CNC(=O)c2ccc(C(F)F)cn2)cc2c(NC3=C(F)CN(C)CC3)cccc12)C(F)(F)F. The first-order chi connectivity index (χ1) is 18.9. The number of amides is 1. The summed E-state index contributed by atoms with van der Waals surface area (Å²) in [6.07, 6.45) is -3.26. The van der Waals surface area contributed by atoms with Crippen molar-refractivity contribution in [2.45, 2.75) is 19.0 Å². The van der Waals surface area contributed by atoms with E-state index in [2.05, 4.69) is 27.2 Å². The summed E-state index contributed by atoms with van der Waals surface area (Å²) in [6, 6.07) is 8.49. The maximum atomic E-state index is 14.6. The predicted octanol–water partition coefficient (Wildman–Crippen LogP) is 6.51. The summed E-state index contributed by atoms with van der Waals surface area (Å²) in [5.41, 5.74) is -0.996. The number of aromatic nitrogens is 2. The van der Waals surface area contributed by atoms with Gasteiger partial charge in [0.15, 0.2) is 0 Å². The fourth-order valence-corrected chi connectivity index (χ4v) is 4.09. The fourth-order valence-electron chi connectivity index (χ4n) is 4.09. The van der Waals surface area contributed by atoms with Crippen LogP contribution in [0.1, 0.15) is 40.3 Å². The lowest BCUT2D eigenvalue weighted by molar-refractivity contribution is -0.0688. The Hall–Kier alpha value is -4.19. The van der Waals surface area contributed by atoms with Gasteiger partial charge in [-0.15, -0.1) is 0 Å². The summed E-state index contributed by atoms with van der Waals surface area (Å²) in [5.74, 6) is -0.975. The van der Waals surface area contributed by atoms with Crippen LogP contribution < -0.4 is 10.6 Å². The Morgan fingerprint density at radius 3 is 2.62 bits per heavy atom. The normalized spacial score (nSPS) is 14.8. The predicted molar refractivity (Wildman–Crippen MR) is 141 cm³/mol. The number of hydrogen-bond acceptors (Lipinski definition) is 5. The molecule has 0 spiro atoms. The van der Waals surface area contributed by atoms with E-state index < -0.39 is 24.1 Å². The third-order valence-corrected chi connectivity index (χ3v) is 6.23. The van der Waals surface area contributed by atoms with Crippen LogP contribution in [0.2, 0.25) is 0 Å². The average Bonchev–Trinajstić information content (AvgIpc) is 2.91. The molecule has 0 fully saturated rings. The van der Waals surface area contributed by atoms with E-state index in [9.17, 15) is 31.1 Å². The van der Waals surface area contributed by atoms with Crippen LogP contribution in [-0.4, -0.2) is 53.6 Å². The third kappa shape index (κ3) is 6.68. The summed E-state index contributed by atoms with van der Waals surface area (Å²) in [4.78, 5) is 21.9. The van der Waals surface area contributed by atoms with E-state index in [0.29, 0.717) is 29.7 Å². The van der Waals surface area contributed by atoms with Crippen molar-refractivity contribution in [3.8, 4) is 0 Å². The number of carbonyl (C=O) groups is 1. The van der Waals surface area contributed by atoms with Gasteiger partial charge >= 0.3 is 6.18 Å². The maximum absolute atomic E-state index is 14.6. The average molecular weight is 562 g/mol. The molecule has 12 heteroatoms. The number of fused-ring (bicyclic) bond motifs is 1. The van der Waals surface area contributed by atoms with E-state index in [4.69, 9.17) is 0 Å². The molecular formula is C28H25F6N5O. The van der Waals surface area contributed by atoms with Crippen molar-refractivity contribution in [2.75, 3.05) is 32.0 Å². The van der Waals surface area contributed by atoms with Crippen LogP contribution in [0.4, 0.5) is 32.0 Å². The van der Waals surface area contributed by atoms with Gasteiger partial charge in [-0.3, -0.25) is 14.7 Å². The molecule has 6 nitrogen and oxygen atoms in total. The molecule has 0 saturated heterocycles. The largest absolute Gasteiger partial charge is 0.417 e. The number of carbonyl (C=O) groups excluding carboxylic acids is 1. The Bertz CT molecular complexity index is 1480. The highest BCUT2D eigenvalue weighted by molar-refractivity contribution is 6.01. The van der Waals surface area contributed by atoms with E-state index in [1.807, 2.05) is 4.90 Å². The van der Waals surface area contributed by atoms with Crippen molar-refractivity contribution in [1.29, 1.82) is 0 Å². The molecule has 4 rings (SSSR count). The van der Waals surface area contributed by atoms with Crippen LogP contribution in [0, 0.1) is 0 Å². The number of hydrogen-bond donors (Lipinski definition) is 2. The maximum Gasteiger partial charge on any atom is 0.417 e. The zero-order valence-corrected chi connectivity index (χ0v) is 21.3. The lowest BCUT2D eigenvalue weighted by Gasteiger charge is -2.25. The number of nitrogens with zero attached hydrogens (tertiary/aromatic N) is 3. The van der Waals surface area contributed by atoms with Crippen molar-refractivity contribution in [2.24, 2.45) is 0 Å². The number of halogens is 6. The van der Waals surface area contributed by atoms with E-state index in [0.717, 1.165) is 18.3 Å². The van der Waals surface area contributed by atoms with E-state index in [1.54, 1.807) is 25.2 Å². The molecule has 0 saturated carbocycles. The lowest BCUT2D eigenvalue weighted by atomic mass is 10.0. The summed E-state index contributed by atoms with van der Waals surface area (Å²) in [6.45, 7) is 3.90. The van der Waals surface area contributed by atoms with Crippen LogP contribution in [0.5, 0.6) is 0 Å². The summed E-state index contributed by atoms with van der Waals surface area (Å²) >= 11 is 0. The molecule has 1 aliphatic rings. The number of anilines is 1. The molecular weight excluding hydrogens is 536 g/mol. The fraction of sp³-hybridized carbons (Fsp3) is 0.250. The molecule has 0 unspecified atom stereocenters. The molecule has 210 valence electrons. The molecule has 40 heavy (non-hydrogen) atoms. The third-order valence-electron chi connectivity index (χ3n) is 6.23. The van der Waals surface area contributed by atoms with Gasteiger partial charge in [0.1, 0.15) is 11.5 Å². The minimum Gasteiger partial charge on any atom is -0.356 e. The second-order valence-corrected chi connectivity index (χ2v) is 9.16. The van der Waals surface area contributed by atoms with Crippen molar-refractivity contribution in [1.82, 2.24) is 20.2 Å². The van der Waals surface area contributed by atoms with Gasteiger partial charge in [0.25, 0.3) is 12.3 Å². The first-order valence-electron chi connectivity index (χ1n) is 12.2. The van der Waals surface area contributed by atoms with Gasteiger partial charge in [-0.2, -0.15) is 13.2 Å². The molecule has 2 aromatic heterocycles. The molecule has 0 bridgehead atoms. The molecule has 3 heterocycles. The van der Waals surface area contributed by atoms with Gasteiger partial charge in [-0.25, -0.2) is 18.2 Å². The van der Waals surface area contributed by atoms with Gasteiger partial charge in [0.05, 0.1) is 23.5 Å². The number of benzene rings is 1. The molecule has 0 radical (unpaired) electrons. The summed E-state index contributed by atoms with van der Waals surface area (Å²) < 4.78 is 80.9. The van der Waals surface area contributed by atoms with Gasteiger partial charge in [0, 0.05) is 53.4 Å². The number of rotatable bonds is 8. The van der Waals surface area contributed by atoms with Crippen molar-refractivity contribution in [3.05, 3.63) is 89.4 Å². The molecule has 2 N–H and O–H groups in total. The number of likely N-dealkylation sites (N-methyl/N-ethyl adjacent to an activating group) is 1. The zero-order chi connectivity index (χ0) is 29.0. The number of alkyl halides is 5. The van der Waals surface area contributed by atoms with Crippen LogP contribution in [-0.2, 0) is 0 Å². The van der Waals surface area contributed by atoms with Gasteiger partial charge in [-0.05, 0) is 37.4 Å². The second-order valence-electron chi connectivity index (χ2n) is 9.16. The first-order valence-corrected chi connectivity index (χ1v) is 12.2. The van der Waals surface area contributed by atoms with Crippen LogP contribution in [0.3, 0.4) is 0 Å². The van der Waals surface area contributed by atoms with Crippen molar-refractivity contribution in [3.63, 3.8) is 0 Å². The molecule has 1 aliphatic heterocycles. The minimum atomic E-state index is -4.74. The van der Waals surface area contributed by atoms with E-state index in [-0.39, 0.29) is 46.9 Å². The lowest BCUT2D eigenvalue weighted by Crippen LogP contribution is -2.28. The van der Waals surface area contributed by atoms with Crippen molar-refractivity contribution >= 4 is 34.0 Å². The molecule has 1 amide bonds. The number of pyridine rings is 2. The van der Waals surface area contributed by atoms with Gasteiger partial charge in [0.2, 0.25) is 0 Å². The highest BCUT2D eigenvalue weighted by Gasteiger charge is 2.35. The monoisotopic (exact) mass is 561 g/mol. The quantitative estimate of drug-likeness (QED) is 0.307. The van der Waals surface area contributed by atoms with Crippen LogP contribution in [0.15, 0.2) is 66.8 Å². The van der Waals surface area contributed by atoms with Crippen molar-refractivity contribution < 1.29 is 31.1 Å². The standard InChI is InChI=1S/C28H25F6N5O/c1-16(28(32,33)34)25-19-6-3-7-22(38-23-10-12-39(2)15-21(23)29)20(19)13-18(37-25)5-4-11-35-27(40)24-9-8-17(14-36-24)26(30)31/h3-9,13-14,26,38H,1,10-12,15H2,2H3,(H,35,40)/b5-4+.